The van der Waals surface area contributed by atoms with Crippen LogP contribution in [0.4, 0.5) is 0 Å². The van der Waals surface area contributed by atoms with Crippen LogP contribution in [0.15, 0.2) is 48.5 Å². The van der Waals surface area contributed by atoms with Crippen molar-refractivity contribution in [2.45, 2.75) is 44.9 Å². The lowest BCUT2D eigenvalue weighted by Crippen LogP contribution is -2.35. The molecular formula is C21H24O4. The Hall–Kier alpha value is -1.88. The molecule has 0 amide bonds. The highest BCUT2D eigenvalue weighted by Gasteiger charge is 2.49. The Morgan fingerprint density at radius 1 is 0.880 bits per heavy atom. The topological polar surface area (TPSA) is 36.9 Å². The summed E-state index contributed by atoms with van der Waals surface area (Å²) in [4.78, 5) is 0. The zero-order valence-corrected chi connectivity index (χ0v) is 14.7. The Kier molecular flexibility index (Phi) is 4.75. The predicted molar refractivity (Wildman–Crippen MR) is 94.8 cm³/mol. The van der Waals surface area contributed by atoms with E-state index in [4.69, 9.17) is 18.9 Å². The molecule has 4 heteroatoms. The van der Waals surface area contributed by atoms with Gasteiger partial charge in [-0.25, -0.2) is 0 Å². The highest BCUT2D eigenvalue weighted by atomic mass is 16.6. The van der Waals surface area contributed by atoms with Crippen molar-refractivity contribution in [1.82, 2.24) is 0 Å². The van der Waals surface area contributed by atoms with Crippen molar-refractivity contribution in [2.24, 2.45) is 0 Å². The second kappa shape index (κ2) is 7.16. The van der Waals surface area contributed by atoms with Crippen molar-refractivity contribution in [3.8, 4) is 5.75 Å². The van der Waals surface area contributed by atoms with Gasteiger partial charge in [0.1, 0.15) is 24.1 Å². The Bertz CT molecular complexity index is 715. The third-order valence-corrected chi connectivity index (χ3v) is 5.04. The SMILES string of the molecule is Cc1ccc(O[C@@H]2CO[C@H]3[C@@H]2OC[C@H]3OCc2ccccc2)cc1C. The molecule has 2 aliphatic rings. The van der Waals surface area contributed by atoms with Crippen molar-refractivity contribution in [3.63, 3.8) is 0 Å². The molecule has 2 aliphatic heterocycles. The summed E-state index contributed by atoms with van der Waals surface area (Å²) in [5, 5.41) is 0. The van der Waals surface area contributed by atoms with Gasteiger partial charge in [0.15, 0.2) is 6.10 Å². The quantitative estimate of drug-likeness (QED) is 0.836. The molecule has 0 aromatic heterocycles. The van der Waals surface area contributed by atoms with Crippen molar-refractivity contribution in [3.05, 3.63) is 65.2 Å². The Morgan fingerprint density at radius 3 is 2.36 bits per heavy atom. The first-order chi connectivity index (χ1) is 12.2. The second-order valence-electron chi connectivity index (χ2n) is 6.83. The Balaban J connectivity index is 1.35. The maximum Gasteiger partial charge on any atom is 0.151 e. The first-order valence-corrected chi connectivity index (χ1v) is 8.83. The molecule has 0 radical (unpaired) electrons. The van der Waals surface area contributed by atoms with Gasteiger partial charge in [0.2, 0.25) is 0 Å². The molecule has 25 heavy (non-hydrogen) atoms. The van der Waals surface area contributed by atoms with E-state index in [1.807, 2.05) is 24.3 Å². The number of ether oxygens (including phenoxy) is 4. The van der Waals surface area contributed by atoms with Gasteiger partial charge in [0.25, 0.3) is 0 Å². The lowest BCUT2D eigenvalue weighted by Gasteiger charge is -2.19. The van der Waals surface area contributed by atoms with Crippen molar-refractivity contribution < 1.29 is 18.9 Å². The highest BCUT2D eigenvalue weighted by Crippen LogP contribution is 2.32. The van der Waals surface area contributed by atoms with Crippen LogP contribution in [0.2, 0.25) is 0 Å². The number of fused-ring (bicyclic) bond motifs is 1. The lowest BCUT2D eigenvalue weighted by atomic mass is 10.1. The third kappa shape index (κ3) is 3.56. The van der Waals surface area contributed by atoms with Crippen molar-refractivity contribution in [1.29, 1.82) is 0 Å². The van der Waals surface area contributed by atoms with Crippen LogP contribution < -0.4 is 4.74 Å². The van der Waals surface area contributed by atoms with E-state index in [2.05, 4.69) is 38.1 Å². The minimum Gasteiger partial charge on any atom is -0.485 e. The van der Waals surface area contributed by atoms with E-state index < -0.39 is 0 Å². The summed E-state index contributed by atoms with van der Waals surface area (Å²) in [7, 11) is 0. The van der Waals surface area contributed by atoms with Crippen LogP contribution in [0, 0.1) is 13.8 Å². The molecule has 4 atom stereocenters. The Morgan fingerprint density at radius 2 is 1.60 bits per heavy atom. The molecule has 2 heterocycles. The first-order valence-electron chi connectivity index (χ1n) is 8.83. The van der Waals surface area contributed by atoms with Crippen LogP contribution in [0.3, 0.4) is 0 Å². The molecule has 0 bridgehead atoms. The van der Waals surface area contributed by atoms with E-state index in [1.165, 1.54) is 11.1 Å². The van der Waals surface area contributed by atoms with E-state index >= 15 is 0 Å². The zero-order chi connectivity index (χ0) is 17.2. The van der Waals surface area contributed by atoms with Gasteiger partial charge in [-0.15, -0.1) is 0 Å². The molecule has 0 unspecified atom stereocenters. The molecular weight excluding hydrogens is 316 g/mol. The van der Waals surface area contributed by atoms with Crippen LogP contribution in [0.25, 0.3) is 0 Å². The molecule has 2 aromatic carbocycles. The lowest BCUT2D eigenvalue weighted by molar-refractivity contribution is -0.0425. The monoisotopic (exact) mass is 340 g/mol. The van der Waals surface area contributed by atoms with Crippen molar-refractivity contribution in [2.75, 3.05) is 13.2 Å². The molecule has 2 fully saturated rings. The minimum absolute atomic E-state index is 0.0430. The maximum absolute atomic E-state index is 6.13. The summed E-state index contributed by atoms with van der Waals surface area (Å²) in [6.45, 7) is 5.85. The summed E-state index contributed by atoms with van der Waals surface area (Å²) in [6, 6.07) is 16.3. The molecule has 4 rings (SSSR count). The number of aryl methyl sites for hydroxylation is 2. The molecule has 0 aliphatic carbocycles. The first kappa shape index (κ1) is 16.6. The predicted octanol–water partition coefficient (Wildman–Crippen LogP) is 3.43. The zero-order valence-electron chi connectivity index (χ0n) is 14.7. The van der Waals surface area contributed by atoms with E-state index in [0.29, 0.717) is 19.8 Å². The normalized spacial score (nSPS) is 28.1. The highest BCUT2D eigenvalue weighted by molar-refractivity contribution is 5.34. The fourth-order valence-electron chi connectivity index (χ4n) is 3.41. The third-order valence-electron chi connectivity index (χ3n) is 5.04. The molecule has 0 N–H and O–H groups in total. The standard InChI is InChI=1S/C21H24O4/c1-14-8-9-17(10-15(14)2)25-19-13-24-20-18(12-23-21(19)20)22-11-16-6-4-3-5-7-16/h3-10,18-21H,11-13H2,1-2H3/t18-,19-,20-,21-/m1/s1. The summed E-state index contributed by atoms with van der Waals surface area (Å²) >= 11 is 0. The maximum atomic E-state index is 6.13. The van der Waals surface area contributed by atoms with Gasteiger partial charge in [0.05, 0.1) is 19.8 Å². The fourth-order valence-corrected chi connectivity index (χ4v) is 3.41. The van der Waals surface area contributed by atoms with E-state index in [-0.39, 0.29) is 24.4 Å². The van der Waals surface area contributed by atoms with Crippen LogP contribution in [-0.4, -0.2) is 37.6 Å². The smallest absolute Gasteiger partial charge is 0.151 e. The number of rotatable bonds is 5. The van der Waals surface area contributed by atoms with Crippen LogP contribution in [0.1, 0.15) is 16.7 Å². The second-order valence-corrected chi connectivity index (χ2v) is 6.83. The molecule has 0 saturated carbocycles. The molecule has 2 aromatic rings. The van der Waals surface area contributed by atoms with Crippen molar-refractivity contribution >= 4 is 0 Å². The van der Waals surface area contributed by atoms with Gasteiger partial charge < -0.3 is 18.9 Å². The molecule has 132 valence electrons. The van der Waals surface area contributed by atoms with Crippen LogP contribution >= 0.6 is 0 Å². The fraction of sp³-hybridized carbons (Fsp3) is 0.429. The number of hydrogen-bond donors (Lipinski definition) is 0. The van der Waals surface area contributed by atoms with Crippen LogP contribution in [-0.2, 0) is 20.8 Å². The summed E-state index contributed by atoms with van der Waals surface area (Å²) in [5.41, 5.74) is 3.65. The summed E-state index contributed by atoms with van der Waals surface area (Å²) in [5.74, 6) is 0.870. The van der Waals surface area contributed by atoms with Crippen LogP contribution in [0.5, 0.6) is 5.75 Å². The van der Waals surface area contributed by atoms with Gasteiger partial charge in [-0.3, -0.25) is 0 Å². The average Bonchev–Trinajstić information content (AvgIpc) is 3.20. The average molecular weight is 340 g/mol. The van der Waals surface area contributed by atoms with Gasteiger partial charge in [-0.05, 0) is 42.7 Å². The largest absolute Gasteiger partial charge is 0.485 e. The minimum atomic E-state index is -0.0857. The molecule has 0 spiro atoms. The Labute approximate surface area is 148 Å². The van der Waals surface area contributed by atoms with Gasteiger partial charge >= 0.3 is 0 Å². The number of benzene rings is 2. The van der Waals surface area contributed by atoms with Gasteiger partial charge in [-0.1, -0.05) is 36.4 Å². The summed E-state index contributed by atoms with van der Waals surface area (Å²) in [6.07, 6.45) is -0.251. The summed E-state index contributed by atoms with van der Waals surface area (Å²) < 4.78 is 24.0. The van der Waals surface area contributed by atoms with Gasteiger partial charge in [-0.2, -0.15) is 0 Å². The molecule has 4 nitrogen and oxygen atoms in total. The van der Waals surface area contributed by atoms with E-state index in [9.17, 15) is 0 Å². The molecule has 2 saturated heterocycles. The van der Waals surface area contributed by atoms with E-state index in [0.717, 1.165) is 11.3 Å². The van der Waals surface area contributed by atoms with Gasteiger partial charge in [0, 0.05) is 0 Å². The number of hydrogen-bond acceptors (Lipinski definition) is 4. The van der Waals surface area contributed by atoms with E-state index in [1.54, 1.807) is 0 Å².